The van der Waals surface area contributed by atoms with Crippen molar-refractivity contribution in [1.82, 2.24) is 5.32 Å². The van der Waals surface area contributed by atoms with Gasteiger partial charge in [-0.15, -0.1) is 12.8 Å². The zero-order valence-corrected chi connectivity index (χ0v) is 17.1. The monoisotopic (exact) mass is 379 g/mol. The van der Waals surface area contributed by atoms with Crippen LogP contribution in [0.15, 0.2) is 24.3 Å². The second kappa shape index (κ2) is 18.2. The van der Waals surface area contributed by atoms with Crippen LogP contribution in [0, 0.1) is 0 Å². The Hall–Kier alpha value is -1.13. The molecule has 0 fully saturated rings. The summed E-state index contributed by atoms with van der Waals surface area (Å²) >= 11 is 4.07. The van der Waals surface area contributed by atoms with Crippen molar-refractivity contribution in [2.45, 2.75) is 46.8 Å². The van der Waals surface area contributed by atoms with Crippen molar-refractivity contribution in [2.75, 3.05) is 11.8 Å². The number of nitrogens with two attached hydrogens (primary N) is 3. The number of alkyl carbamates (subject to hydrolysis) is 1. The predicted octanol–water partition coefficient (Wildman–Crippen LogP) is 3.04. The van der Waals surface area contributed by atoms with E-state index in [1.165, 1.54) is 7.05 Å². The zero-order chi connectivity index (χ0) is 19.6. The molecule has 0 atom stereocenters. The van der Waals surface area contributed by atoms with Gasteiger partial charge in [0.25, 0.3) is 0 Å². The molecule has 0 unspecified atom stereocenters. The smallest absolute Gasteiger partial charge is 0.407 e. The zero-order valence-electron chi connectivity index (χ0n) is 15.4. The van der Waals surface area contributed by atoms with Crippen LogP contribution in [-0.2, 0) is 11.3 Å². The van der Waals surface area contributed by atoms with Crippen LogP contribution in [-0.4, -0.2) is 18.7 Å². The lowest BCUT2D eigenvalue weighted by molar-refractivity contribution is 0.0523. The maximum atomic E-state index is 11.4. The number of hydrogen-bond acceptors (Lipinski definition) is 8. The molecule has 0 aliphatic rings. The molecular formula is C15H33N5O2S2. The summed E-state index contributed by atoms with van der Waals surface area (Å²) in [6, 6.07) is 7.61. The minimum Gasteiger partial charge on any atom is -0.444 e. The Morgan fingerprint density at radius 2 is 1.62 bits per heavy atom. The fraction of sp³-hybridized carbons (Fsp3) is 0.533. The standard InChI is InChI=1S/C12H19N3O2S.C2H6.CH5N.H3NS/c1-12(2,3)17-11(16)14-8-9-4-6-10(7-5-9)15-18-13;3*1-2/h4-7,15H,8,13H2,1-3H3,(H,14,16);1-2H3;2H2,1H3;2H,1H2. The highest BCUT2D eigenvalue weighted by Crippen LogP contribution is 2.12. The van der Waals surface area contributed by atoms with E-state index in [4.69, 9.17) is 9.88 Å². The maximum absolute atomic E-state index is 11.4. The van der Waals surface area contributed by atoms with Crippen molar-refractivity contribution >= 4 is 36.7 Å². The van der Waals surface area contributed by atoms with Gasteiger partial charge in [0.2, 0.25) is 0 Å². The summed E-state index contributed by atoms with van der Waals surface area (Å²) in [6.07, 6.45) is -0.415. The highest BCUT2D eigenvalue weighted by Gasteiger charge is 2.15. The number of nitrogens with one attached hydrogen (secondary N) is 2. The Morgan fingerprint density at radius 1 is 1.17 bits per heavy atom. The highest BCUT2D eigenvalue weighted by molar-refractivity contribution is 7.98. The maximum Gasteiger partial charge on any atom is 0.407 e. The van der Waals surface area contributed by atoms with E-state index >= 15 is 0 Å². The molecule has 0 saturated carbocycles. The van der Waals surface area contributed by atoms with E-state index in [-0.39, 0.29) is 0 Å². The first-order valence-corrected chi connectivity index (χ1v) is 8.81. The Bertz CT molecular complexity index is 398. The normalized spacial score (nSPS) is 8.92. The summed E-state index contributed by atoms with van der Waals surface area (Å²) in [7, 11) is 1.50. The third kappa shape index (κ3) is 17.2. The molecule has 1 amide bonds. The Kier molecular flexibility index (Phi) is 21.0. The SMILES string of the molecule is CC.CC(C)(C)OC(=O)NCc1ccc(NSN)cc1.CN.NS. The Balaban J connectivity index is -0.000000659. The largest absolute Gasteiger partial charge is 0.444 e. The summed E-state index contributed by atoms with van der Waals surface area (Å²) in [5, 5.41) is 12.2. The second-order valence-corrected chi connectivity index (χ2v) is 5.21. The van der Waals surface area contributed by atoms with Gasteiger partial charge in [-0.05, 0) is 45.5 Å². The molecular weight excluding hydrogens is 346 g/mol. The number of amides is 1. The van der Waals surface area contributed by atoms with Crippen LogP contribution in [0.25, 0.3) is 0 Å². The van der Waals surface area contributed by atoms with Crippen LogP contribution in [0.2, 0.25) is 0 Å². The van der Waals surface area contributed by atoms with Gasteiger partial charge in [0.1, 0.15) is 5.60 Å². The lowest BCUT2D eigenvalue weighted by atomic mass is 10.2. The number of ether oxygens (including phenoxy) is 1. The number of benzene rings is 1. The molecule has 1 aromatic rings. The Labute approximate surface area is 156 Å². The van der Waals surface area contributed by atoms with Gasteiger partial charge in [-0.1, -0.05) is 26.0 Å². The van der Waals surface area contributed by atoms with E-state index in [9.17, 15) is 4.79 Å². The van der Waals surface area contributed by atoms with Crippen LogP contribution in [0.3, 0.4) is 0 Å². The number of carbonyl (C=O) groups is 1. The van der Waals surface area contributed by atoms with Crippen molar-refractivity contribution in [3.05, 3.63) is 29.8 Å². The molecule has 1 aromatic carbocycles. The second-order valence-electron chi connectivity index (χ2n) is 4.77. The number of rotatable bonds is 4. The van der Waals surface area contributed by atoms with E-state index in [1.807, 2.05) is 58.9 Å². The summed E-state index contributed by atoms with van der Waals surface area (Å²) < 4.78 is 8.05. The first-order valence-electron chi connectivity index (χ1n) is 7.42. The molecule has 0 radical (unpaired) electrons. The average Bonchev–Trinajstić information content (AvgIpc) is 2.58. The molecule has 0 aliphatic heterocycles. The van der Waals surface area contributed by atoms with Crippen LogP contribution >= 0.6 is 24.9 Å². The summed E-state index contributed by atoms with van der Waals surface area (Å²) in [6.45, 7) is 9.93. The minimum absolute atomic E-state index is 0.415. The van der Waals surface area contributed by atoms with Gasteiger partial charge < -0.3 is 20.5 Å². The van der Waals surface area contributed by atoms with Gasteiger partial charge in [-0.2, -0.15) is 0 Å². The molecule has 9 heteroatoms. The quantitative estimate of drug-likeness (QED) is 0.350. The lowest BCUT2D eigenvalue weighted by Gasteiger charge is -2.19. The molecule has 0 spiro atoms. The molecule has 0 saturated heterocycles. The molecule has 7 nitrogen and oxygen atoms in total. The fourth-order valence-electron chi connectivity index (χ4n) is 1.25. The molecule has 0 heterocycles. The van der Waals surface area contributed by atoms with Gasteiger partial charge >= 0.3 is 6.09 Å². The Morgan fingerprint density at radius 3 is 2.00 bits per heavy atom. The summed E-state index contributed by atoms with van der Waals surface area (Å²) in [5.74, 6) is 0. The van der Waals surface area contributed by atoms with E-state index in [0.29, 0.717) is 6.54 Å². The van der Waals surface area contributed by atoms with Crippen LogP contribution in [0.4, 0.5) is 10.5 Å². The van der Waals surface area contributed by atoms with E-state index < -0.39 is 11.7 Å². The van der Waals surface area contributed by atoms with Crippen molar-refractivity contribution in [3.63, 3.8) is 0 Å². The van der Waals surface area contributed by atoms with Crippen LogP contribution in [0.5, 0.6) is 0 Å². The number of hydrogen-bond donors (Lipinski definition) is 6. The third-order valence-electron chi connectivity index (χ3n) is 1.97. The molecule has 0 aromatic heterocycles. The first kappa shape index (κ1) is 27.7. The van der Waals surface area contributed by atoms with E-state index in [1.54, 1.807) is 0 Å². The third-order valence-corrected chi connectivity index (χ3v) is 2.32. The summed E-state index contributed by atoms with van der Waals surface area (Å²) in [4.78, 5) is 11.4. The fourth-order valence-corrected chi connectivity index (χ4v) is 1.52. The molecule has 8 N–H and O–H groups in total. The van der Waals surface area contributed by atoms with Gasteiger partial charge in [0.05, 0.1) is 0 Å². The predicted molar refractivity (Wildman–Crippen MR) is 110 cm³/mol. The van der Waals surface area contributed by atoms with Crippen LogP contribution < -0.4 is 26.1 Å². The minimum atomic E-state index is -0.476. The van der Waals surface area contributed by atoms with Gasteiger partial charge in [0.15, 0.2) is 0 Å². The lowest BCUT2D eigenvalue weighted by Crippen LogP contribution is -2.32. The molecule has 0 bridgehead atoms. The van der Waals surface area contributed by atoms with Crippen molar-refractivity contribution in [2.24, 2.45) is 16.0 Å². The van der Waals surface area contributed by atoms with Gasteiger partial charge in [-0.3, -0.25) is 10.3 Å². The number of carbonyl (C=O) groups excluding carboxylic acids is 1. The summed E-state index contributed by atoms with van der Waals surface area (Å²) in [5.41, 5.74) is 5.94. The first-order chi connectivity index (χ1) is 11.4. The van der Waals surface area contributed by atoms with Crippen molar-refractivity contribution in [3.8, 4) is 0 Å². The number of thiol groups is 1. The van der Waals surface area contributed by atoms with Crippen LogP contribution in [0.1, 0.15) is 40.2 Å². The van der Waals surface area contributed by atoms with Gasteiger partial charge in [0, 0.05) is 24.4 Å². The molecule has 24 heavy (non-hydrogen) atoms. The van der Waals surface area contributed by atoms with Crippen molar-refractivity contribution in [1.29, 1.82) is 0 Å². The topological polar surface area (TPSA) is 128 Å². The molecule has 0 aliphatic carbocycles. The van der Waals surface area contributed by atoms with Crippen molar-refractivity contribution < 1.29 is 9.53 Å². The highest BCUT2D eigenvalue weighted by atomic mass is 32.2. The average molecular weight is 380 g/mol. The molecule has 142 valence electrons. The van der Waals surface area contributed by atoms with Gasteiger partial charge in [-0.25, -0.2) is 4.79 Å². The van der Waals surface area contributed by atoms with E-state index in [0.717, 1.165) is 23.4 Å². The number of anilines is 1. The van der Waals surface area contributed by atoms with E-state index in [2.05, 4.69) is 33.7 Å². The molecule has 1 rings (SSSR count).